The Bertz CT molecular complexity index is 107. The quantitative estimate of drug-likeness (QED) is 0.308. The van der Waals surface area contributed by atoms with E-state index in [9.17, 15) is 4.39 Å². The highest BCUT2D eigenvalue weighted by atomic mass is 35.5. The topological polar surface area (TPSA) is 55.3 Å². The summed E-state index contributed by atoms with van der Waals surface area (Å²) in [5.41, 5.74) is 4.60. The first-order valence-corrected chi connectivity index (χ1v) is 2.22. The number of nitrogens with zero attached hydrogens (tertiary/aromatic N) is 1. The lowest BCUT2D eigenvalue weighted by molar-refractivity contribution is 0.442. The SMILES string of the molecule is CN(N)/C(Cl)=C(\N)F. The van der Waals surface area contributed by atoms with Gasteiger partial charge in [-0.3, -0.25) is 0 Å². The molecule has 0 atom stereocenters. The molecule has 0 aromatic heterocycles. The number of hydrogen-bond donors (Lipinski definition) is 2. The second-order valence-electron chi connectivity index (χ2n) is 1.25. The van der Waals surface area contributed by atoms with E-state index in [-0.39, 0.29) is 5.16 Å². The van der Waals surface area contributed by atoms with Gasteiger partial charge in [0.05, 0.1) is 0 Å². The first-order valence-electron chi connectivity index (χ1n) is 1.85. The molecule has 0 radical (unpaired) electrons. The number of hydrogen-bond acceptors (Lipinski definition) is 3. The van der Waals surface area contributed by atoms with Crippen LogP contribution in [0.15, 0.2) is 11.1 Å². The van der Waals surface area contributed by atoms with Crippen molar-refractivity contribution in [3.05, 3.63) is 11.1 Å². The van der Waals surface area contributed by atoms with E-state index in [0.29, 0.717) is 0 Å². The largest absolute Gasteiger partial charge is 0.373 e. The van der Waals surface area contributed by atoms with E-state index >= 15 is 0 Å². The van der Waals surface area contributed by atoms with Gasteiger partial charge in [0.1, 0.15) is 0 Å². The fraction of sp³-hybridized carbons (Fsp3) is 0.333. The lowest BCUT2D eigenvalue weighted by Crippen LogP contribution is -2.24. The van der Waals surface area contributed by atoms with Crippen molar-refractivity contribution >= 4 is 11.6 Å². The Balaban J connectivity index is 4.00. The molecule has 0 unspecified atom stereocenters. The third kappa shape index (κ3) is 1.99. The van der Waals surface area contributed by atoms with Gasteiger partial charge in [0.2, 0.25) is 5.95 Å². The van der Waals surface area contributed by atoms with E-state index in [4.69, 9.17) is 17.4 Å². The molecule has 0 bridgehead atoms. The summed E-state index contributed by atoms with van der Waals surface area (Å²) in [5, 5.41) is 0.599. The van der Waals surface area contributed by atoms with Crippen LogP contribution in [-0.4, -0.2) is 12.1 Å². The monoisotopic (exact) mass is 139 g/mol. The van der Waals surface area contributed by atoms with E-state index in [0.717, 1.165) is 5.01 Å². The van der Waals surface area contributed by atoms with E-state index in [2.05, 4.69) is 5.73 Å². The van der Waals surface area contributed by atoms with Crippen molar-refractivity contribution in [2.75, 3.05) is 7.05 Å². The zero-order valence-corrected chi connectivity index (χ0v) is 5.11. The fourth-order valence-electron chi connectivity index (χ4n) is 0.168. The van der Waals surface area contributed by atoms with Crippen molar-refractivity contribution < 1.29 is 4.39 Å². The second-order valence-corrected chi connectivity index (χ2v) is 1.61. The van der Waals surface area contributed by atoms with Crippen molar-refractivity contribution in [3.63, 3.8) is 0 Å². The Morgan fingerprint density at radius 3 is 2.12 bits per heavy atom. The molecule has 0 aliphatic heterocycles. The lowest BCUT2D eigenvalue weighted by Gasteiger charge is -2.07. The molecule has 0 heterocycles. The highest BCUT2D eigenvalue weighted by Crippen LogP contribution is 2.05. The number of nitrogens with two attached hydrogens (primary N) is 2. The third-order valence-electron chi connectivity index (χ3n) is 0.507. The zero-order chi connectivity index (χ0) is 6.73. The maximum Gasteiger partial charge on any atom is 0.221 e. The average molecular weight is 140 g/mol. The molecular weight excluding hydrogens is 133 g/mol. The van der Waals surface area contributed by atoms with Crippen LogP contribution in [-0.2, 0) is 0 Å². The van der Waals surface area contributed by atoms with Crippen LogP contribution in [0.5, 0.6) is 0 Å². The molecule has 0 fully saturated rings. The average Bonchev–Trinajstić information content (AvgIpc) is 1.64. The summed E-state index contributed by atoms with van der Waals surface area (Å²) < 4.78 is 11.7. The second kappa shape index (κ2) is 2.74. The van der Waals surface area contributed by atoms with Crippen molar-refractivity contribution in [2.24, 2.45) is 11.6 Å². The molecule has 0 rings (SSSR count). The van der Waals surface area contributed by atoms with Gasteiger partial charge >= 0.3 is 0 Å². The third-order valence-corrected chi connectivity index (χ3v) is 0.954. The molecule has 0 aromatic rings. The Hall–Kier alpha value is -0.480. The summed E-state index contributed by atoms with van der Waals surface area (Å²) in [6.07, 6.45) is 0. The van der Waals surface area contributed by atoms with Gasteiger partial charge in [-0.1, -0.05) is 11.6 Å². The molecule has 0 saturated heterocycles. The molecule has 0 saturated carbocycles. The highest BCUT2D eigenvalue weighted by molar-refractivity contribution is 6.29. The van der Waals surface area contributed by atoms with Crippen molar-refractivity contribution in [2.45, 2.75) is 0 Å². The van der Waals surface area contributed by atoms with Crippen LogP contribution in [0.2, 0.25) is 0 Å². The van der Waals surface area contributed by atoms with Gasteiger partial charge in [-0.05, 0) is 0 Å². The van der Waals surface area contributed by atoms with Gasteiger partial charge in [-0.15, -0.1) is 0 Å². The molecule has 0 spiro atoms. The van der Waals surface area contributed by atoms with Crippen LogP contribution in [0.1, 0.15) is 0 Å². The molecule has 4 N–H and O–H groups in total. The minimum absolute atomic E-state index is 0.287. The summed E-state index contributed by atoms with van der Waals surface area (Å²) in [5.74, 6) is 3.99. The molecular formula is C3H7ClFN3. The molecule has 0 amide bonds. The zero-order valence-electron chi connectivity index (χ0n) is 4.36. The number of halogens is 2. The summed E-state index contributed by atoms with van der Waals surface area (Å²) in [6.45, 7) is 0. The van der Waals surface area contributed by atoms with Crippen LogP contribution in [0.4, 0.5) is 4.39 Å². The van der Waals surface area contributed by atoms with E-state index < -0.39 is 5.95 Å². The first kappa shape index (κ1) is 7.52. The molecule has 0 aromatic carbocycles. The van der Waals surface area contributed by atoms with E-state index in [1.54, 1.807) is 0 Å². The number of hydrazine groups is 1. The number of rotatable bonds is 1. The summed E-state index contributed by atoms with van der Waals surface area (Å²) >= 11 is 5.13. The van der Waals surface area contributed by atoms with Crippen LogP contribution < -0.4 is 11.6 Å². The molecule has 48 valence electrons. The fourth-order valence-corrected chi connectivity index (χ4v) is 0.168. The summed E-state index contributed by atoms with van der Waals surface area (Å²) in [4.78, 5) is 0. The molecule has 0 aliphatic rings. The van der Waals surface area contributed by atoms with Gasteiger partial charge in [0.25, 0.3) is 0 Å². The molecule has 8 heavy (non-hydrogen) atoms. The maximum absolute atomic E-state index is 11.7. The Labute approximate surface area is 51.7 Å². The Morgan fingerprint density at radius 2 is 2.12 bits per heavy atom. The Kier molecular flexibility index (Phi) is 2.57. The predicted molar refractivity (Wildman–Crippen MR) is 30.1 cm³/mol. The summed E-state index contributed by atoms with van der Waals surface area (Å²) in [7, 11) is 1.38. The molecule has 0 aliphatic carbocycles. The van der Waals surface area contributed by atoms with Crippen molar-refractivity contribution in [1.29, 1.82) is 0 Å². The standard InChI is InChI=1S/C3H7ClFN3/c1-8(7)2(4)3(5)6/h6-7H2,1H3/b3-2-. The van der Waals surface area contributed by atoms with Gasteiger partial charge < -0.3 is 10.7 Å². The van der Waals surface area contributed by atoms with Crippen LogP contribution in [0, 0.1) is 0 Å². The van der Waals surface area contributed by atoms with Crippen LogP contribution in [0.25, 0.3) is 0 Å². The first-order chi connectivity index (χ1) is 3.55. The highest BCUT2D eigenvalue weighted by Gasteiger charge is 1.99. The minimum atomic E-state index is -0.975. The van der Waals surface area contributed by atoms with E-state index in [1.807, 2.05) is 0 Å². The van der Waals surface area contributed by atoms with Crippen molar-refractivity contribution in [3.8, 4) is 0 Å². The molecule has 5 heteroatoms. The van der Waals surface area contributed by atoms with Gasteiger partial charge in [-0.25, -0.2) is 5.84 Å². The lowest BCUT2D eigenvalue weighted by atomic mass is 10.8. The molecule has 3 nitrogen and oxygen atoms in total. The van der Waals surface area contributed by atoms with E-state index in [1.165, 1.54) is 7.05 Å². The Morgan fingerprint density at radius 1 is 1.75 bits per heavy atom. The normalized spacial score (nSPS) is 13.0. The predicted octanol–water partition coefficient (Wildman–Crippen LogP) is 0.0855. The van der Waals surface area contributed by atoms with Gasteiger partial charge in [-0.2, -0.15) is 4.39 Å². The minimum Gasteiger partial charge on any atom is -0.373 e. The van der Waals surface area contributed by atoms with Gasteiger partial charge in [0.15, 0.2) is 5.16 Å². The maximum atomic E-state index is 11.7. The van der Waals surface area contributed by atoms with Gasteiger partial charge in [0, 0.05) is 7.05 Å². The van der Waals surface area contributed by atoms with Crippen LogP contribution in [0.3, 0.4) is 0 Å². The summed E-state index contributed by atoms with van der Waals surface area (Å²) in [6, 6.07) is 0. The smallest absolute Gasteiger partial charge is 0.221 e. The van der Waals surface area contributed by atoms with Crippen LogP contribution >= 0.6 is 11.6 Å². The van der Waals surface area contributed by atoms with Crippen molar-refractivity contribution in [1.82, 2.24) is 5.01 Å².